The van der Waals surface area contributed by atoms with Crippen LogP contribution in [0.25, 0.3) is 10.8 Å². The molecule has 0 N–H and O–H groups in total. The zero-order valence-electron chi connectivity index (χ0n) is 23.9. The maximum atomic E-state index is 6.60. The Balaban J connectivity index is 1.15. The highest BCUT2D eigenvalue weighted by atomic mass is 16.6. The summed E-state index contributed by atoms with van der Waals surface area (Å²) in [6, 6.07) is 9.85. The average Bonchev–Trinajstić information content (AvgIpc) is 3.84. The van der Waals surface area contributed by atoms with Crippen molar-refractivity contribution in [2.24, 2.45) is 35.5 Å². The van der Waals surface area contributed by atoms with Gasteiger partial charge in [-0.1, -0.05) is 12.1 Å². The lowest BCUT2D eigenvalue weighted by molar-refractivity contribution is -0.0173. The molecule has 0 radical (unpaired) electrons. The van der Waals surface area contributed by atoms with Gasteiger partial charge in [-0.25, -0.2) is 0 Å². The second kappa shape index (κ2) is 8.40. The molecule has 12 rings (SSSR count). The van der Waals surface area contributed by atoms with Crippen molar-refractivity contribution >= 4 is 10.8 Å². The topological polar surface area (TPSA) is 43.5 Å². The molecule has 212 valence electrons. The normalized spacial score (nSPS) is 45.3. The SMILES string of the molecule is c1cc2cc(C34CC5CC(CC(C5)C3)C4)c(C34CC5CC(CC(C5)C3)C4)cc2c(OCC2CO2)c1OCC1CO1. The number of hydrogen-bond donors (Lipinski definition) is 0. The van der Waals surface area contributed by atoms with Gasteiger partial charge in [-0.3, -0.25) is 0 Å². The van der Waals surface area contributed by atoms with Crippen LogP contribution in [0.15, 0.2) is 24.3 Å². The summed E-state index contributed by atoms with van der Waals surface area (Å²) in [5, 5.41) is 2.62. The van der Waals surface area contributed by atoms with Gasteiger partial charge in [-0.05, 0) is 152 Å². The van der Waals surface area contributed by atoms with Gasteiger partial charge < -0.3 is 18.9 Å². The fourth-order valence-electron chi connectivity index (χ4n) is 12.0. The third-order valence-electron chi connectivity index (χ3n) is 12.9. The first kappa shape index (κ1) is 23.7. The van der Waals surface area contributed by atoms with E-state index < -0.39 is 0 Å². The highest BCUT2D eigenvalue weighted by molar-refractivity contribution is 5.92. The summed E-state index contributed by atoms with van der Waals surface area (Å²) in [5.74, 6) is 7.54. The minimum atomic E-state index is 0.226. The Morgan fingerprint density at radius 1 is 0.600 bits per heavy atom. The smallest absolute Gasteiger partial charge is 0.169 e. The Morgan fingerprint density at radius 2 is 1.05 bits per heavy atom. The molecule has 2 heterocycles. The van der Waals surface area contributed by atoms with Crippen molar-refractivity contribution in [3.05, 3.63) is 35.4 Å². The van der Waals surface area contributed by atoms with Crippen LogP contribution < -0.4 is 9.47 Å². The number of benzene rings is 2. The summed E-state index contributed by atoms with van der Waals surface area (Å²) in [6.07, 6.45) is 18.0. The van der Waals surface area contributed by atoms with Crippen molar-refractivity contribution in [2.75, 3.05) is 26.4 Å². The van der Waals surface area contributed by atoms with E-state index >= 15 is 0 Å². The van der Waals surface area contributed by atoms with Crippen LogP contribution in [0.5, 0.6) is 11.5 Å². The second-order valence-corrected chi connectivity index (χ2v) is 15.9. The molecule has 0 amide bonds. The van der Waals surface area contributed by atoms with Crippen LogP contribution in [-0.2, 0) is 20.3 Å². The molecule has 2 aromatic carbocycles. The van der Waals surface area contributed by atoms with E-state index in [-0.39, 0.29) is 12.2 Å². The predicted molar refractivity (Wildman–Crippen MR) is 154 cm³/mol. The van der Waals surface area contributed by atoms with E-state index in [2.05, 4.69) is 24.3 Å². The van der Waals surface area contributed by atoms with E-state index in [1.54, 1.807) is 11.1 Å². The van der Waals surface area contributed by atoms with E-state index in [9.17, 15) is 0 Å². The number of hydrogen-bond acceptors (Lipinski definition) is 4. The summed E-state index contributed by atoms with van der Waals surface area (Å²) < 4.78 is 24.0. The van der Waals surface area contributed by atoms with Gasteiger partial charge >= 0.3 is 0 Å². The zero-order chi connectivity index (χ0) is 26.1. The Labute approximate surface area is 238 Å². The van der Waals surface area contributed by atoms with Gasteiger partial charge in [0.25, 0.3) is 0 Å². The van der Waals surface area contributed by atoms with Gasteiger partial charge in [-0.15, -0.1) is 0 Å². The van der Waals surface area contributed by atoms with Gasteiger partial charge in [0.05, 0.1) is 13.2 Å². The molecule has 4 heteroatoms. The standard InChI is InChI=1S/C36H44O4/c1-2-33(39-19-28-17-37-28)34(40-20-29-18-38-29)30-10-32(36-14-24-6-25(15-36)8-26(7-24)16-36)31(9-27(1)30)35-11-21-3-22(12-35)5-23(4-21)13-35/h1-2,9-10,21-26,28-29H,3-8,11-20H2. The first-order chi connectivity index (χ1) is 19.6. The first-order valence-corrected chi connectivity index (χ1v) is 16.7. The van der Waals surface area contributed by atoms with Crippen LogP contribution in [0.3, 0.4) is 0 Å². The largest absolute Gasteiger partial charge is 0.487 e. The summed E-state index contributed by atoms with van der Waals surface area (Å²) in [6.45, 7) is 2.84. The van der Waals surface area contributed by atoms with Crippen LogP contribution in [0.2, 0.25) is 0 Å². The van der Waals surface area contributed by atoms with Gasteiger partial charge in [0.15, 0.2) is 11.5 Å². The van der Waals surface area contributed by atoms with Crippen molar-refractivity contribution in [3.63, 3.8) is 0 Å². The molecular weight excluding hydrogens is 496 g/mol. The Morgan fingerprint density at radius 3 is 1.52 bits per heavy atom. The van der Waals surface area contributed by atoms with Gasteiger partial charge in [0.1, 0.15) is 25.4 Å². The van der Waals surface area contributed by atoms with Crippen molar-refractivity contribution in [1.29, 1.82) is 0 Å². The second-order valence-electron chi connectivity index (χ2n) is 15.9. The van der Waals surface area contributed by atoms with Crippen LogP contribution >= 0.6 is 0 Å². The molecule has 2 saturated heterocycles. The molecule has 8 bridgehead atoms. The van der Waals surface area contributed by atoms with E-state index in [0.717, 1.165) is 60.2 Å². The van der Waals surface area contributed by atoms with Gasteiger partial charge in [0, 0.05) is 5.39 Å². The summed E-state index contributed by atoms with van der Waals surface area (Å²) in [4.78, 5) is 0. The van der Waals surface area contributed by atoms with Gasteiger partial charge in [-0.2, -0.15) is 0 Å². The maximum absolute atomic E-state index is 6.60. The molecule has 0 spiro atoms. The maximum Gasteiger partial charge on any atom is 0.169 e. The van der Waals surface area contributed by atoms with Crippen molar-refractivity contribution in [2.45, 2.75) is 100 Å². The van der Waals surface area contributed by atoms with Crippen molar-refractivity contribution in [1.82, 2.24) is 0 Å². The molecule has 10 aliphatic rings. The summed E-state index contributed by atoms with van der Waals surface area (Å²) in [5.41, 5.74) is 4.30. The first-order valence-electron chi connectivity index (χ1n) is 16.7. The molecule has 8 aliphatic carbocycles. The van der Waals surface area contributed by atoms with Crippen LogP contribution in [0.4, 0.5) is 0 Å². The summed E-state index contributed by atoms with van der Waals surface area (Å²) in [7, 11) is 0. The molecule has 40 heavy (non-hydrogen) atoms. The van der Waals surface area contributed by atoms with Crippen LogP contribution in [0.1, 0.15) is 88.2 Å². The number of rotatable bonds is 8. The highest BCUT2D eigenvalue weighted by Crippen LogP contribution is 2.66. The molecule has 2 aliphatic heterocycles. The fraction of sp³-hybridized carbons (Fsp3) is 0.722. The Kier molecular flexibility index (Phi) is 4.99. The van der Waals surface area contributed by atoms with Crippen molar-refractivity contribution in [3.8, 4) is 11.5 Å². The van der Waals surface area contributed by atoms with Crippen LogP contribution in [-0.4, -0.2) is 38.6 Å². The molecule has 2 unspecified atom stereocenters. The van der Waals surface area contributed by atoms with Gasteiger partial charge in [0.2, 0.25) is 0 Å². The number of ether oxygens (including phenoxy) is 4. The molecular formula is C36H44O4. The molecule has 2 aromatic rings. The lowest BCUT2D eigenvalue weighted by Crippen LogP contribution is -2.52. The Hall–Kier alpha value is -1.78. The number of epoxide rings is 2. The quantitative estimate of drug-likeness (QED) is 0.329. The molecule has 10 fully saturated rings. The summed E-state index contributed by atoms with van der Waals surface area (Å²) >= 11 is 0. The highest BCUT2D eigenvalue weighted by Gasteiger charge is 2.56. The molecule has 8 saturated carbocycles. The molecule has 0 aromatic heterocycles. The predicted octanol–water partition coefficient (Wildman–Crippen LogP) is 7.33. The van der Waals surface area contributed by atoms with E-state index in [1.165, 1.54) is 87.8 Å². The van der Waals surface area contributed by atoms with E-state index in [0.29, 0.717) is 24.0 Å². The zero-order valence-corrected chi connectivity index (χ0v) is 23.9. The lowest BCUT2D eigenvalue weighted by Gasteiger charge is -2.61. The third kappa shape index (κ3) is 3.77. The van der Waals surface area contributed by atoms with E-state index in [4.69, 9.17) is 18.9 Å². The molecule has 4 nitrogen and oxygen atoms in total. The minimum Gasteiger partial charge on any atom is -0.487 e. The monoisotopic (exact) mass is 540 g/mol. The minimum absolute atomic E-state index is 0.226. The number of fused-ring (bicyclic) bond motifs is 1. The van der Waals surface area contributed by atoms with E-state index in [1.807, 2.05) is 0 Å². The average molecular weight is 541 g/mol. The van der Waals surface area contributed by atoms with Crippen molar-refractivity contribution < 1.29 is 18.9 Å². The molecule has 2 atom stereocenters. The Bertz CT molecular complexity index is 1280. The fourth-order valence-corrected chi connectivity index (χ4v) is 12.0. The third-order valence-corrected chi connectivity index (χ3v) is 12.9. The van der Waals surface area contributed by atoms with Crippen LogP contribution in [0, 0.1) is 35.5 Å². The lowest BCUT2D eigenvalue weighted by atomic mass is 9.44.